The number of likely N-dealkylation sites (tertiary alicyclic amines) is 1. The molecule has 21 heavy (non-hydrogen) atoms. The molecule has 0 aliphatic carbocycles. The standard InChI is InChI=1S/C14H17ClF3N3/c15-12-7-10(14(16,17)18)8-19-13(12)21-6-3-11(9-21)20-4-1-2-5-20/h7-8,11H,1-6,9H2. The van der Waals surface area contributed by atoms with Crippen molar-refractivity contribution < 1.29 is 13.2 Å². The zero-order valence-corrected chi connectivity index (χ0v) is 12.3. The van der Waals surface area contributed by atoms with Crippen molar-refractivity contribution in [1.29, 1.82) is 0 Å². The van der Waals surface area contributed by atoms with Crippen LogP contribution in [0.15, 0.2) is 12.3 Å². The van der Waals surface area contributed by atoms with Gasteiger partial charge in [0.15, 0.2) is 0 Å². The monoisotopic (exact) mass is 319 g/mol. The highest BCUT2D eigenvalue weighted by atomic mass is 35.5. The van der Waals surface area contributed by atoms with Crippen molar-refractivity contribution in [2.45, 2.75) is 31.5 Å². The molecule has 2 fully saturated rings. The molecule has 0 amide bonds. The number of pyridine rings is 1. The van der Waals surface area contributed by atoms with Crippen molar-refractivity contribution in [1.82, 2.24) is 9.88 Å². The van der Waals surface area contributed by atoms with Crippen LogP contribution in [0.2, 0.25) is 5.02 Å². The first-order chi connectivity index (χ1) is 9.95. The number of alkyl halides is 3. The number of aromatic nitrogens is 1. The van der Waals surface area contributed by atoms with Crippen molar-refractivity contribution in [2.24, 2.45) is 0 Å². The average Bonchev–Trinajstić information content (AvgIpc) is 3.08. The molecule has 7 heteroatoms. The second kappa shape index (κ2) is 5.65. The lowest BCUT2D eigenvalue weighted by molar-refractivity contribution is -0.137. The maximum atomic E-state index is 12.6. The minimum absolute atomic E-state index is 0.0758. The maximum absolute atomic E-state index is 12.6. The minimum Gasteiger partial charge on any atom is -0.354 e. The molecule has 3 heterocycles. The van der Waals surface area contributed by atoms with E-state index in [9.17, 15) is 13.2 Å². The molecule has 1 aromatic heterocycles. The fraction of sp³-hybridized carbons (Fsp3) is 0.643. The first-order valence-electron chi connectivity index (χ1n) is 7.17. The summed E-state index contributed by atoms with van der Waals surface area (Å²) < 4.78 is 37.9. The van der Waals surface area contributed by atoms with E-state index in [2.05, 4.69) is 9.88 Å². The minimum atomic E-state index is -4.40. The molecule has 2 aliphatic heterocycles. The molecule has 1 aromatic rings. The summed E-state index contributed by atoms with van der Waals surface area (Å²) in [4.78, 5) is 8.39. The fourth-order valence-corrected chi connectivity index (χ4v) is 3.44. The Morgan fingerprint density at radius 1 is 1.19 bits per heavy atom. The van der Waals surface area contributed by atoms with Gasteiger partial charge in [0.25, 0.3) is 0 Å². The van der Waals surface area contributed by atoms with Crippen molar-refractivity contribution in [3.8, 4) is 0 Å². The molecule has 0 bridgehead atoms. The van der Waals surface area contributed by atoms with Gasteiger partial charge in [0.05, 0.1) is 10.6 Å². The molecule has 0 radical (unpaired) electrons. The van der Waals surface area contributed by atoms with E-state index in [1.54, 1.807) is 0 Å². The van der Waals surface area contributed by atoms with Crippen molar-refractivity contribution in [3.63, 3.8) is 0 Å². The van der Waals surface area contributed by atoms with E-state index >= 15 is 0 Å². The third-order valence-electron chi connectivity index (χ3n) is 4.27. The quantitative estimate of drug-likeness (QED) is 0.832. The Hall–Kier alpha value is -1.01. The zero-order chi connectivity index (χ0) is 15.0. The highest BCUT2D eigenvalue weighted by Gasteiger charge is 2.34. The summed E-state index contributed by atoms with van der Waals surface area (Å²) in [7, 11) is 0. The van der Waals surface area contributed by atoms with Gasteiger partial charge in [-0.1, -0.05) is 11.6 Å². The Morgan fingerprint density at radius 3 is 2.52 bits per heavy atom. The summed E-state index contributed by atoms with van der Waals surface area (Å²) in [6.07, 6.45) is -0.0622. The van der Waals surface area contributed by atoms with Gasteiger partial charge in [0, 0.05) is 25.3 Å². The van der Waals surface area contributed by atoms with E-state index in [0.717, 1.165) is 44.9 Å². The highest BCUT2D eigenvalue weighted by Crippen LogP contribution is 2.35. The van der Waals surface area contributed by atoms with Crippen molar-refractivity contribution in [3.05, 3.63) is 22.8 Å². The third-order valence-corrected chi connectivity index (χ3v) is 4.55. The molecule has 116 valence electrons. The molecule has 3 nitrogen and oxygen atoms in total. The van der Waals surface area contributed by atoms with Gasteiger partial charge in [-0.05, 0) is 38.4 Å². The van der Waals surface area contributed by atoms with E-state index in [1.807, 2.05) is 4.90 Å². The van der Waals surface area contributed by atoms with E-state index in [-0.39, 0.29) is 5.02 Å². The molecule has 0 aromatic carbocycles. The molecule has 3 rings (SSSR count). The second-order valence-corrected chi connectivity index (χ2v) is 6.07. The van der Waals surface area contributed by atoms with Crippen LogP contribution in [0.5, 0.6) is 0 Å². The molecule has 2 saturated heterocycles. The maximum Gasteiger partial charge on any atom is 0.417 e. The first-order valence-corrected chi connectivity index (χ1v) is 7.54. The van der Waals surface area contributed by atoms with Crippen LogP contribution in [0, 0.1) is 0 Å². The van der Waals surface area contributed by atoms with Crippen LogP contribution in [0.1, 0.15) is 24.8 Å². The average molecular weight is 320 g/mol. The first kappa shape index (κ1) is 14.9. The number of hydrogen-bond acceptors (Lipinski definition) is 3. The molecule has 1 unspecified atom stereocenters. The SMILES string of the molecule is FC(F)(F)c1cnc(N2CCC(N3CCCC3)C2)c(Cl)c1. The summed E-state index contributed by atoms with van der Waals surface area (Å²) in [5.41, 5.74) is -0.800. The van der Waals surface area contributed by atoms with Crippen LogP contribution < -0.4 is 4.90 Å². The van der Waals surface area contributed by atoms with Gasteiger partial charge < -0.3 is 4.90 Å². The molecule has 2 aliphatic rings. The Labute approximate surface area is 126 Å². The summed E-state index contributed by atoms with van der Waals surface area (Å²) in [6, 6.07) is 1.43. The van der Waals surface area contributed by atoms with Gasteiger partial charge in [0.2, 0.25) is 0 Å². The van der Waals surface area contributed by atoms with Crippen LogP contribution in [0.4, 0.5) is 19.0 Å². The van der Waals surface area contributed by atoms with Crippen molar-refractivity contribution in [2.75, 3.05) is 31.1 Å². The summed E-state index contributed by atoms with van der Waals surface area (Å²) >= 11 is 6.01. The van der Waals surface area contributed by atoms with Gasteiger partial charge in [-0.15, -0.1) is 0 Å². The zero-order valence-electron chi connectivity index (χ0n) is 11.5. The van der Waals surface area contributed by atoms with Crippen molar-refractivity contribution >= 4 is 17.4 Å². The van der Waals surface area contributed by atoms with Crippen LogP contribution in [0.25, 0.3) is 0 Å². The second-order valence-electron chi connectivity index (χ2n) is 5.66. The Bertz CT molecular complexity index is 515. The van der Waals surface area contributed by atoms with E-state index < -0.39 is 11.7 Å². The van der Waals surface area contributed by atoms with Gasteiger partial charge >= 0.3 is 6.18 Å². The number of hydrogen-bond donors (Lipinski definition) is 0. The molecular formula is C14H17ClF3N3. The summed E-state index contributed by atoms with van der Waals surface area (Å²) in [5.74, 6) is 0.464. The number of anilines is 1. The molecule has 0 N–H and O–H groups in total. The summed E-state index contributed by atoms with van der Waals surface area (Å²) in [5, 5.41) is 0.0758. The van der Waals surface area contributed by atoms with E-state index in [4.69, 9.17) is 11.6 Å². The predicted octanol–water partition coefficient (Wildman–Crippen LogP) is 3.43. The van der Waals surface area contributed by atoms with Crippen LogP contribution in [0.3, 0.4) is 0 Å². The molecule has 0 spiro atoms. The predicted molar refractivity (Wildman–Crippen MR) is 75.7 cm³/mol. The number of nitrogens with zero attached hydrogens (tertiary/aromatic N) is 3. The lowest BCUT2D eigenvalue weighted by atomic mass is 10.2. The lowest BCUT2D eigenvalue weighted by Crippen LogP contribution is -2.35. The Morgan fingerprint density at radius 2 is 1.90 bits per heavy atom. The Kier molecular flexibility index (Phi) is 4.01. The number of rotatable bonds is 2. The third kappa shape index (κ3) is 3.11. The molecule has 1 atom stereocenters. The van der Waals surface area contributed by atoms with E-state index in [0.29, 0.717) is 11.9 Å². The van der Waals surface area contributed by atoms with Gasteiger partial charge in [0.1, 0.15) is 5.82 Å². The van der Waals surface area contributed by atoms with Crippen LogP contribution >= 0.6 is 11.6 Å². The fourth-order valence-electron chi connectivity index (χ4n) is 3.16. The normalized spacial score (nSPS) is 24.0. The van der Waals surface area contributed by atoms with Gasteiger partial charge in [-0.3, -0.25) is 4.90 Å². The van der Waals surface area contributed by atoms with Crippen LogP contribution in [-0.4, -0.2) is 42.1 Å². The Balaban J connectivity index is 1.73. The largest absolute Gasteiger partial charge is 0.417 e. The topological polar surface area (TPSA) is 19.4 Å². The smallest absolute Gasteiger partial charge is 0.354 e. The molecular weight excluding hydrogens is 303 g/mol. The number of halogens is 4. The lowest BCUT2D eigenvalue weighted by Gasteiger charge is -2.24. The van der Waals surface area contributed by atoms with Gasteiger partial charge in [-0.2, -0.15) is 13.2 Å². The van der Waals surface area contributed by atoms with Gasteiger partial charge in [-0.25, -0.2) is 4.98 Å². The van der Waals surface area contributed by atoms with Crippen LogP contribution in [-0.2, 0) is 6.18 Å². The van der Waals surface area contributed by atoms with E-state index in [1.165, 1.54) is 12.8 Å². The summed E-state index contributed by atoms with van der Waals surface area (Å²) in [6.45, 7) is 3.82. The molecule has 0 saturated carbocycles. The highest BCUT2D eigenvalue weighted by molar-refractivity contribution is 6.33.